The minimum absolute atomic E-state index is 0.782. The van der Waals surface area contributed by atoms with Crippen molar-refractivity contribution in [1.29, 1.82) is 0 Å². The molecule has 0 aromatic rings. The molecule has 1 heterocycles. The van der Waals surface area contributed by atoms with E-state index in [1.165, 1.54) is 0 Å². The Morgan fingerprint density at radius 2 is 1.60 bits per heavy atom. The summed E-state index contributed by atoms with van der Waals surface area (Å²) < 4.78 is 10.6. The van der Waals surface area contributed by atoms with E-state index >= 15 is 0 Å². The van der Waals surface area contributed by atoms with Gasteiger partial charge in [0.25, 0.3) is 0 Å². The molecule has 0 aliphatic carbocycles. The molecule has 0 amide bonds. The van der Waals surface area contributed by atoms with E-state index in [9.17, 15) is 20.1 Å². The van der Waals surface area contributed by atoms with Crippen LogP contribution in [0.15, 0.2) is 0 Å². The molecule has 118 valence electrons. The summed E-state index contributed by atoms with van der Waals surface area (Å²) in [6, 6.07) is 2.35. The van der Waals surface area contributed by atoms with Crippen LogP contribution in [0, 0.1) is 0 Å². The molecule has 1 fully saturated rings. The maximum Gasteiger partial charge on any atom is 0.335 e. The molecule has 8 heteroatoms. The third-order valence-electron chi connectivity index (χ3n) is 4.12. The van der Waals surface area contributed by atoms with Crippen molar-refractivity contribution in [1.82, 2.24) is 0 Å². The number of aliphatic carboxylic acids is 1. The van der Waals surface area contributed by atoms with Gasteiger partial charge in [-0.25, -0.2) is 4.79 Å². The Labute approximate surface area is 119 Å². The second kappa shape index (κ2) is 6.97. The zero-order valence-corrected chi connectivity index (χ0v) is 13.0. The van der Waals surface area contributed by atoms with Gasteiger partial charge in [0.2, 0.25) is 0 Å². The number of aliphatic hydroxyl groups excluding tert-OH is 3. The molecule has 7 nitrogen and oxygen atoms in total. The van der Waals surface area contributed by atoms with Gasteiger partial charge < -0.3 is 29.6 Å². The second-order valence-corrected chi connectivity index (χ2v) is 9.82. The molecule has 1 aliphatic rings. The molecular weight excluding hydrogens is 284 g/mol. The Bertz CT molecular complexity index is 326. The third-order valence-corrected chi connectivity index (χ3v) is 8.76. The first-order valence-corrected chi connectivity index (χ1v) is 9.45. The lowest BCUT2D eigenvalue weighted by Crippen LogP contribution is -2.63. The predicted octanol–water partition coefficient (Wildman–Crippen LogP) is -0.0996. The summed E-state index contributed by atoms with van der Waals surface area (Å²) in [5.41, 5.74) is 0. The summed E-state index contributed by atoms with van der Waals surface area (Å²) in [6.45, 7) is 5.92. The molecule has 20 heavy (non-hydrogen) atoms. The standard InChI is InChI=1S/C12H24O7Si/c1-4-20(5-2,6-3)19-9-7(13)10(11(15)16)18-12(17)8(9)14/h7-10,12-14,17H,4-6H2,1-3H3,(H,15,16)/t7-,8+,9-,10-,12+/m0/s1. The molecular formula is C12H24O7Si. The molecule has 0 unspecified atom stereocenters. The number of hydrogen-bond donors (Lipinski definition) is 4. The smallest absolute Gasteiger partial charge is 0.335 e. The summed E-state index contributed by atoms with van der Waals surface area (Å²) in [5.74, 6) is -1.39. The van der Waals surface area contributed by atoms with Crippen LogP contribution in [0.3, 0.4) is 0 Å². The summed E-state index contributed by atoms with van der Waals surface area (Å²) in [4.78, 5) is 11.0. The molecule has 0 aromatic carbocycles. The maximum absolute atomic E-state index is 11.0. The summed E-state index contributed by atoms with van der Waals surface area (Å²) >= 11 is 0. The van der Waals surface area contributed by atoms with Crippen LogP contribution in [0.5, 0.6) is 0 Å². The fourth-order valence-electron chi connectivity index (χ4n) is 2.48. The highest BCUT2D eigenvalue weighted by atomic mass is 28.4. The number of aliphatic hydroxyl groups is 3. The van der Waals surface area contributed by atoms with Crippen molar-refractivity contribution in [3.05, 3.63) is 0 Å². The summed E-state index contributed by atoms with van der Waals surface area (Å²) in [7, 11) is -2.16. The minimum Gasteiger partial charge on any atom is -0.479 e. The van der Waals surface area contributed by atoms with E-state index in [1.54, 1.807) is 0 Å². The quantitative estimate of drug-likeness (QED) is 0.506. The van der Waals surface area contributed by atoms with E-state index in [-0.39, 0.29) is 0 Å². The van der Waals surface area contributed by atoms with Crippen LogP contribution < -0.4 is 0 Å². The van der Waals surface area contributed by atoms with Gasteiger partial charge in [0, 0.05) is 0 Å². The van der Waals surface area contributed by atoms with Gasteiger partial charge in [-0.1, -0.05) is 20.8 Å². The lowest BCUT2D eigenvalue weighted by Gasteiger charge is -2.43. The van der Waals surface area contributed by atoms with Gasteiger partial charge in [-0.05, 0) is 18.1 Å². The topological polar surface area (TPSA) is 116 Å². The number of hydrogen-bond acceptors (Lipinski definition) is 6. The molecule has 0 radical (unpaired) electrons. The van der Waals surface area contributed by atoms with E-state index in [0.717, 1.165) is 18.1 Å². The van der Waals surface area contributed by atoms with E-state index in [2.05, 4.69) is 0 Å². The van der Waals surface area contributed by atoms with E-state index in [4.69, 9.17) is 14.3 Å². The van der Waals surface area contributed by atoms with E-state index in [0.29, 0.717) is 0 Å². The highest BCUT2D eigenvalue weighted by Gasteiger charge is 2.50. The number of carbonyl (C=O) groups is 1. The van der Waals surface area contributed by atoms with Crippen LogP contribution in [-0.2, 0) is 14.0 Å². The Balaban J connectivity index is 2.96. The van der Waals surface area contributed by atoms with Crippen molar-refractivity contribution >= 4 is 14.3 Å². The molecule has 1 aliphatic heterocycles. The lowest BCUT2D eigenvalue weighted by molar-refractivity contribution is -0.276. The van der Waals surface area contributed by atoms with Gasteiger partial charge in [0.05, 0.1) is 0 Å². The molecule has 5 atom stereocenters. The minimum atomic E-state index is -2.16. The highest BCUT2D eigenvalue weighted by Crippen LogP contribution is 2.30. The molecule has 4 N–H and O–H groups in total. The van der Waals surface area contributed by atoms with Crippen LogP contribution in [-0.4, -0.2) is 65.4 Å². The molecule has 0 bridgehead atoms. The average molecular weight is 308 g/mol. The monoisotopic (exact) mass is 308 g/mol. The normalized spacial score (nSPS) is 35.0. The van der Waals surface area contributed by atoms with Gasteiger partial charge >= 0.3 is 5.97 Å². The van der Waals surface area contributed by atoms with Crippen LogP contribution in [0.4, 0.5) is 0 Å². The van der Waals surface area contributed by atoms with Gasteiger partial charge in [0.1, 0.15) is 18.3 Å². The Kier molecular flexibility index (Phi) is 6.11. The molecule has 0 spiro atoms. The van der Waals surface area contributed by atoms with Crippen LogP contribution in [0.2, 0.25) is 18.1 Å². The SMILES string of the molecule is CC[Si](CC)(CC)O[C@@H]1[C@@H](O)[C@H](O)O[C@H](C(=O)O)[C@H]1O. The van der Waals surface area contributed by atoms with Crippen LogP contribution in [0.1, 0.15) is 20.8 Å². The predicted molar refractivity (Wildman–Crippen MR) is 72.6 cm³/mol. The number of carboxylic acids is 1. The molecule has 0 aromatic heterocycles. The lowest BCUT2D eigenvalue weighted by atomic mass is 9.99. The molecule has 0 saturated carbocycles. The van der Waals surface area contributed by atoms with E-state index in [1.807, 2.05) is 20.8 Å². The number of rotatable bonds is 6. The van der Waals surface area contributed by atoms with Crippen molar-refractivity contribution < 1.29 is 34.4 Å². The van der Waals surface area contributed by atoms with Crippen molar-refractivity contribution in [2.45, 2.75) is 69.6 Å². The summed E-state index contributed by atoms with van der Waals surface area (Å²) in [6.07, 6.45) is -7.40. The van der Waals surface area contributed by atoms with Crippen molar-refractivity contribution in [2.75, 3.05) is 0 Å². The first kappa shape index (κ1) is 17.5. The largest absolute Gasteiger partial charge is 0.479 e. The molecule has 1 rings (SSSR count). The fraction of sp³-hybridized carbons (Fsp3) is 0.917. The summed E-state index contributed by atoms with van der Waals surface area (Å²) in [5, 5.41) is 38.6. The van der Waals surface area contributed by atoms with Gasteiger partial charge in [-0.2, -0.15) is 0 Å². The van der Waals surface area contributed by atoms with Gasteiger partial charge in [-0.3, -0.25) is 0 Å². The first-order chi connectivity index (χ1) is 9.31. The molecule has 1 saturated heterocycles. The van der Waals surface area contributed by atoms with Crippen molar-refractivity contribution in [3.63, 3.8) is 0 Å². The maximum atomic E-state index is 11.0. The van der Waals surface area contributed by atoms with E-state index < -0.39 is 45.0 Å². The zero-order chi connectivity index (χ0) is 15.5. The zero-order valence-electron chi connectivity index (χ0n) is 12.0. The fourth-order valence-corrected chi connectivity index (χ4v) is 5.34. The Morgan fingerprint density at radius 1 is 1.10 bits per heavy atom. The van der Waals surface area contributed by atoms with Crippen molar-refractivity contribution in [3.8, 4) is 0 Å². The third kappa shape index (κ3) is 3.38. The second-order valence-electron chi connectivity index (χ2n) is 5.09. The van der Waals surface area contributed by atoms with Gasteiger partial charge in [-0.15, -0.1) is 0 Å². The Morgan fingerprint density at radius 3 is 2.00 bits per heavy atom. The van der Waals surface area contributed by atoms with Crippen LogP contribution in [0.25, 0.3) is 0 Å². The van der Waals surface area contributed by atoms with Crippen molar-refractivity contribution in [2.24, 2.45) is 0 Å². The average Bonchev–Trinajstić information content (AvgIpc) is 2.43. The highest BCUT2D eigenvalue weighted by molar-refractivity contribution is 6.73. The van der Waals surface area contributed by atoms with Crippen LogP contribution >= 0.6 is 0 Å². The number of ether oxygens (including phenoxy) is 1. The first-order valence-electron chi connectivity index (χ1n) is 6.92. The number of carboxylic acid groups (broad SMARTS) is 1. The van der Waals surface area contributed by atoms with Gasteiger partial charge in [0.15, 0.2) is 20.7 Å². The Hall–Kier alpha value is -0.513.